The molecule has 0 aliphatic carbocycles. The van der Waals surface area contributed by atoms with Crippen LogP contribution in [0.3, 0.4) is 0 Å². The topological polar surface area (TPSA) is 20.6 Å². The highest BCUT2D eigenvalue weighted by molar-refractivity contribution is 5.56. The van der Waals surface area contributed by atoms with Crippen LogP contribution in [0.15, 0.2) is 73.3 Å². The Morgan fingerprint density at radius 3 is 2.67 bits per heavy atom. The predicted molar refractivity (Wildman–Crippen MR) is 81.2 cm³/mol. The SMILES string of the molecule is C[n+]1ccccc1CC[n+]1cccc(-c2ccccn2)c1. The Balaban J connectivity index is 1.77. The summed E-state index contributed by atoms with van der Waals surface area (Å²) in [6.07, 6.45) is 9.19. The second-order valence-electron chi connectivity index (χ2n) is 5.10. The van der Waals surface area contributed by atoms with Gasteiger partial charge < -0.3 is 0 Å². The smallest absolute Gasteiger partial charge is 0.187 e. The van der Waals surface area contributed by atoms with Crippen molar-refractivity contribution in [2.24, 2.45) is 7.05 Å². The lowest BCUT2D eigenvalue weighted by atomic mass is 10.2. The van der Waals surface area contributed by atoms with Gasteiger partial charge in [-0.15, -0.1) is 0 Å². The molecule has 21 heavy (non-hydrogen) atoms. The van der Waals surface area contributed by atoms with E-state index in [0.29, 0.717) is 0 Å². The quantitative estimate of drug-likeness (QED) is 0.669. The molecule has 0 unspecified atom stereocenters. The van der Waals surface area contributed by atoms with Crippen molar-refractivity contribution in [3.63, 3.8) is 0 Å². The number of pyridine rings is 3. The highest BCUT2D eigenvalue weighted by Gasteiger charge is 2.10. The average molecular weight is 277 g/mol. The number of aromatic nitrogens is 3. The fraction of sp³-hybridized carbons (Fsp3) is 0.167. The average Bonchev–Trinajstić information content (AvgIpc) is 2.55. The first-order valence-electron chi connectivity index (χ1n) is 7.17. The summed E-state index contributed by atoms with van der Waals surface area (Å²) in [6.45, 7) is 0.957. The van der Waals surface area contributed by atoms with Crippen LogP contribution in [0.4, 0.5) is 0 Å². The Morgan fingerprint density at radius 1 is 0.952 bits per heavy atom. The molecule has 0 amide bonds. The summed E-state index contributed by atoms with van der Waals surface area (Å²) in [5, 5.41) is 0. The van der Waals surface area contributed by atoms with E-state index in [4.69, 9.17) is 0 Å². The maximum absolute atomic E-state index is 4.41. The zero-order chi connectivity index (χ0) is 14.5. The minimum absolute atomic E-state index is 0.957. The lowest BCUT2D eigenvalue weighted by Gasteiger charge is -2.01. The Morgan fingerprint density at radius 2 is 1.86 bits per heavy atom. The van der Waals surface area contributed by atoms with Crippen LogP contribution in [0.5, 0.6) is 0 Å². The molecule has 0 aliphatic rings. The van der Waals surface area contributed by atoms with Gasteiger partial charge in [0.1, 0.15) is 7.05 Å². The largest absolute Gasteiger partial charge is 0.256 e. The summed E-state index contributed by atoms with van der Waals surface area (Å²) >= 11 is 0. The molecule has 3 nitrogen and oxygen atoms in total. The molecule has 0 spiro atoms. The van der Waals surface area contributed by atoms with E-state index in [1.54, 1.807) is 0 Å². The molecule has 0 bridgehead atoms. The van der Waals surface area contributed by atoms with Crippen LogP contribution in [0.1, 0.15) is 5.69 Å². The Bertz CT molecular complexity index is 723. The van der Waals surface area contributed by atoms with E-state index in [1.165, 1.54) is 5.69 Å². The molecular formula is C18H19N3+2. The van der Waals surface area contributed by atoms with Gasteiger partial charge in [0.15, 0.2) is 30.8 Å². The number of aryl methyl sites for hydroxylation is 3. The normalized spacial score (nSPS) is 10.5. The minimum atomic E-state index is 0.957. The van der Waals surface area contributed by atoms with Crippen molar-refractivity contribution in [1.29, 1.82) is 0 Å². The van der Waals surface area contributed by atoms with Crippen molar-refractivity contribution in [3.05, 3.63) is 79.0 Å². The van der Waals surface area contributed by atoms with Crippen molar-refractivity contribution >= 4 is 0 Å². The number of nitrogens with zero attached hydrogens (tertiary/aromatic N) is 3. The third-order valence-electron chi connectivity index (χ3n) is 3.61. The van der Waals surface area contributed by atoms with Crippen LogP contribution in [0.2, 0.25) is 0 Å². The predicted octanol–water partition coefficient (Wildman–Crippen LogP) is 2.10. The van der Waals surface area contributed by atoms with Gasteiger partial charge in [0.25, 0.3) is 0 Å². The molecule has 0 atom stereocenters. The van der Waals surface area contributed by atoms with Crippen LogP contribution in [-0.2, 0) is 20.0 Å². The standard InChI is InChI=1S/C18H19N3/c1-20-12-5-3-8-17(20)10-14-21-13-6-7-16(15-21)18-9-2-4-11-19-18/h2-9,11-13,15H,10,14H2,1H3/q+2. The summed E-state index contributed by atoms with van der Waals surface area (Å²) < 4.78 is 4.39. The number of hydrogen-bond acceptors (Lipinski definition) is 1. The highest BCUT2D eigenvalue weighted by atomic mass is 15.0. The van der Waals surface area contributed by atoms with E-state index in [0.717, 1.165) is 24.2 Å². The maximum atomic E-state index is 4.41. The van der Waals surface area contributed by atoms with Gasteiger partial charge in [-0.05, 0) is 18.2 Å². The van der Waals surface area contributed by atoms with Gasteiger partial charge in [-0.1, -0.05) is 12.1 Å². The maximum Gasteiger partial charge on any atom is 0.187 e. The fourth-order valence-corrected chi connectivity index (χ4v) is 2.41. The monoisotopic (exact) mass is 277 g/mol. The van der Waals surface area contributed by atoms with Crippen molar-refractivity contribution in [3.8, 4) is 11.3 Å². The molecule has 3 aromatic heterocycles. The lowest BCUT2D eigenvalue weighted by Crippen LogP contribution is -2.38. The molecule has 3 rings (SSSR count). The summed E-state index contributed by atoms with van der Waals surface area (Å²) in [5.74, 6) is 0. The van der Waals surface area contributed by atoms with E-state index in [2.05, 4.69) is 70.1 Å². The molecule has 3 heterocycles. The lowest BCUT2D eigenvalue weighted by molar-refractivity contribution is -0.708. The summed E-state index contributed by atoms with van der Waals surface area (Å²) in [4.78, 5) is 4.41. The van der Waals surface area contributed by atoms with E-state index >= 15 is 0 Å². The molecule has 0 aliphatic heterocycles. The molecule has 0 saturated carbocycles. The third kappa shape index (κ3) is 3.31. The number of hydrogen-bond donors (Lipinski definition) is 0. The molecule has 0 fully saturated rings. The molecule has 3 aromatic rings. The van der Waals surface area contributed by atoms with E-state index in [-0.39, 0.29) is 0 Å². The van der Waals surface area contributed by atoms with Gasteiger partial charge in [0.2, 0.25) is 0 Å². The first kappa shape index (κ1) is 13.4. The van der Waals surface area contributed by atoms with E-state index in [1.807, 2.05) is 24.4 Å². The fourth-order valence-electron chi connectivity index (χ4n) is 2.41. The molecule has 0 saturated heterocycles. The Hall–Kier alpha value is -2.55. The van der Waals surface area contributed by atoms with Crippen LogP contribution < -0.4 is 9.13 Å². The Kier molecular flexibility index (Phi) is 4.01. The molecule has 3 heteroatoms. The van der Waals surface area contributed by atoms with Crippen LogP contribution >= 0.6 is 0 Å². The van der Waals surface area contributed by atoms with Crippen molar-refractivity contribution in [2.45, 2.75) is 13.0 Å². The van der Waals surface area contributed by atoms with Crippen LogP contribution in [-0.4, -0.2) is 4.98 Å². The molecule has 0 N–H and O–H groups in total. The van der Waals surface area contributed by atoms with Crippen LogP contribution in [0.25, 0.3) is 11.3 Å². The zero-order valence-corrected chi connectivity index (χ0v) is 12.2. The summed E-state index contributed by atoms with van der Waals surface area (Å²) in [6, 6.07) is 16.5. The molecule has 104 valence electrons. The molecule has 0 radical (unpaired) electrons. The van der Waals surface area contributed by atoms with E-state index < -0.39 is 0 Å². The van der Waals surface area contributed by atoms with Crippen molar-refractivity contribution < 1.29 is 9.13 Å². The third-order valence-corrected chi connectivity index (χ3v) is 3.61. The van der Waals surface area contributed by atoms with Crippen LogP contribution in [0, 0.1) is 0 Å². The minimum Gasteiger partial charge on any atom is -0.256 e. The first-order chi connectivity index (χ1) is 10.3. The first-order valence-corrected chi connectivity index (χ1v) is 7.17. The Labute approximate surface area is 125 Å². The molecular weight excluding hydrogens is 258 g/mol. The second-order valence-corrected chi connectivity index (χ2v) is 5.10. The van der Waals surface area contributed by atoms with E-state index in [9.17, 15) is 0 Å². The second kappa shape index (κ2) is 6.27. The summed E-state index contributed by atoms with van der Waals surface area (Å²) in [7, 11) is 2.09. The van der Waals surface area contributed by atoms with Crippen molar-refractivity contribution in [2.75, 3.05) is 0 Å². The highest BCUT2D eigenvalue weighted by Crippen LogP contribution is 2.12. The molecule has 0 aromatic carbocycles. The zero-order valence-electron chi connectivity index (χ0n) is 12.2. The van der Waals surface area contributed by atoms with Gasteiger partial charge in [0, 0.05) is 24.4 Å². The number of rotatable bonds is 4. The van der Waals surface area contributed by atoms with Gasteiger partial charge in [-0.3, -0.25) is 4.98 Å². The van der Waals surface area contributed by atoms with Gasteiger partial charge in [-0.2, -0.15) is 0 Å². The van der Waals surface area contributed by atoms with Gasteiger partial charge >= 0.3 is 0 Å². The van der Waals surface area contributed by atoms with Crippen molar-refractivity contribution in [1.82, 2.24) is 4.98 Å². The van der Waals surface area contributed by atoms with Gasteiger partial charge in [-0.25, -0.2) is 9.13 Å². The van der Waals surface area contributed by atoms with Gasteiger partial charge in [0.05, 0.1) is 17.7 Å². The summed E-state index contributed by atoms with van der Waals surface area (Å²) in [5.41, 5.74) is 3.49.